The van der Waals surface area contributed by atoms with Gasteiger partial charge in [-0.25, -0.2) is 9.37 Å². The number of anilines is 1. The van der Waals surface area contributed by atoms with Crippen LogP contribution < -0.4 is 10.1 Å². The Morgan fingerprint density at radius 3 is 2.95 bits per heavy atom. The van der Waals surface area contributed by atoms with Gasteiger partial charge in [0.25, 0.3) is 5.91 Å². The molecule has 3 rings (SSSR count). The summed E-state index contributed by atoms with van der Waals surface area (Å²) in [7, 11) is 1.54. The Morgan fingerprint density at radius 1 is 1.29 bits per heavy atom. The molecule has 6 heteroatoms. The van der Waals surface area contributed by atoms with Gasteiger partial charge in [0.1, 0.15) is 11.6 Å². The molecule has 0 fully saturated rings. The van der Waals surface area contributed by atoms with Crippen molar-refractivity contribution in [2.24, 2.45) is 0 Å². The van der Waals surface area contributed by atoms with Crippen LogP contribution in [0, 0.1) is 5.82 Å². The second-order valence-electron chi connectivity index (χ2n) is 4.32. The molecule has 0 saturated carbocycles. The average molecular weight is 302 g/mol. The Labute approximate surface area is 124 Å². The highest BCUT2D eigenvalue weighted by atomic mass is 32.1. The molecule has 0 aliphatic heterocycles. The minimum Gasteiger partial charge on any atom is -0.497 e. The third kappa shape index (κ3) is 2.85. The SMILES string of the molecule is COc1cccc(C(=O)Nc2nc3ccc(F)cc3s2)c1. The monoisotopic (exact) mass is 302 g/mol. The van der Waals surface area contributed by atoms with Crippen molar-refractivity contribution in [2.45, 2.75) is 0 Å². The predicted molar refractivity (Wildman–Crippen MR) is 80.5 cm³/mol. The summed E-state index contributed by atoms with van der Waals surface area (Å²) < 4.78 is 18.9. The lowest BCUT2D eigenvalue weighted by Gasteiger charge is -2.03. The zero-order valence-electron chi connectivity index (χ0n) is 11.1. The summed E-state index contributed by atoms with van der Waals surface area (Å²) in [5, 5.41) is 3.14. The van der Waals surface area contributed by atoms with Gasteiger partial charge in [-0.3, -0.25) is 10.1 Å². The van der Waals surface area contributed by atoms with Crippen molar-refractivity contribution < 1.29 is 13.9 Å². The molecule has 1 N–H and O–H groups in total. The van der Waals surface area contributed by atoms with Gasteiger partial charge in [0, 0.05) is 5.56 Å². The van der Waals surface area contributed by atoms with E-state index in [2.05, 4.69) is 10.3 Å². The lowest BCUT2D eigenvalue weighted by Crippen LogP contribution is -2.11. The Morgan fingerprint density at radius 2 is 2.14 bits per heavy atom. The number of carbonyl (C=O) groups excluding carboxylic acids is 1. The topological polar surface area (TPSA) is 51.2 Å². The van der Waals surface area contributed by atoms with Crippen molar-refractivity contribution in [1.82, 2.24) is 4.98 Å². The maximum atomic E-state index is 13.1. The number of ether oxygens (including phenoxy) is 1. The van der Waals surface area contributed by atoms with Crippen LogP contribution in [0.15, 0.2) is 42.5 Å². The number of halogens is 1. The van der Waals surface area contributed by atoms with Crippen LogP contribution in [0.3, 0.4) is 0 Å². The lowest BCUT2D eigenvalue weighted by atomic mass is 10.2. The second kappa shape index (κ2) is 5.49. The molecule has 4 nitrogen and oxygen atoms in total. The number of nitrogens with one attached hydrogen (secondary N) is 1. The van der Waals surface area contributed by atoms with E-state index in [4.69, 9.17) is 4.74 Å². The second-order valence-corrected chi connectivity index (χ2v) is 5.35. The molecule has 1 amide bonds. The third-order valence-electron chi connectivity index (χ3n) is 2.90. The fraction of sp³-hybridized carbons (Fsp3) is 0.0667. The first-order valence-corrected chi connectivity index (χ1v) is 6.99. The van der Waals surface area contributed by atoms with E-state index < -0.39 is 0 Å². The van der Waals surface area contributed by atoms with Gasteiger partial charge in [-0.15, -0.1) is 0 Å². The van der Waals surface area contributed by atoms with Crippen molar-refractivity contribution in [1.29, 1.82) is 0 Å². The molecule has 0 radical (unpaired) electrons. The Balaban J connectivity index is 1.85. The van der Waals surface area contributed by atoms with E-state index in [1.165, 1.54) is 23.5 Å². The van der Waals surface area contributed by atoms with Crippen LogP contribution in [0.4, 0.5) is 9.52 Å². The van der Waals surface area contributed by atoms with Crippen molar-refractivity contribution in [2.75, 3.05) is 12.4 Å². The number of thiazole rings is 1. The van der Waals surface area contributed by atoms with Gasteiger partial charge in [0.2, 0.25) is 0 Å². The third-order valence-corrected chi connectivity index (χ3v) is 3.84. The molecule has 0 bridgehead atoms. The van der Waals surface area contributed by atoms with E-state index in [0.717, 1.165) is 0 Å². The van der Waals surface area contributed by atoms with Gasteiger partial charge in [-0.05, 0) is 36.4 Å². The highest BCUT2D eigenvalue weighted by Crippen LogP contribution is 2.27. The number of fused-ring (bicyclic) bond motifs is 1. The highest BCUT2D eigenvalue weighted by molar-refractivity contribution is 7.22. The zero-order valence-corrected chi connectivity index (χ0v) is 11.9. The van der Waals surface area contributed by atoms with Gasteiger partial charge in [-0.2, -0.15) is 0 Å². The van der Waals surface area contributed by atoms with Gasteiger partial charge in [0.05, 0.1) is 17.3 Å². The lowest BCUT2D eigenvalue weighted by molar-refractivity contribution is 0.102. The van der Waals surface area contributed by atoms with Crippen LogP contribution in [0.2, 0.25) is 0 Å². The first kappa shape index (κ1) is 13.5. The van der Waals surface area contributed by atoms with E-state index in [0.29, 0.717) is 26.7 Å². The van der Waals surface area contributed by atoms with Crippen LogP contribution in [-0.2, 0) is 0 Å². The van der Waals surface area contributed by atoms with E-state index in [-0.39, 0.29) is 11.7 Å². The molecule has 0 spiro atoms. The van der Waals surface area contributed by atoms with E-state index in [1.54, 1.807) is 37.4 Å². The van der Waals surface area contributed by atoms with E-state index in [9.17, 15) is 9.18 Å². The number of carbonyl (C=O) groups is 1. The molecule has 0 saturated heterocycles. The maximum Gasteiger partial charge on any atom is 0.257 e. The van der Waals surface area contributed by atoms with Crippen molar-refractivity contribution in [3.05, 3.63) is 53.8 Å². The summed E-state index contributed by atoms with van der Waals surface area (Å²) in [6, 6.07) is 11.2. The number of hydrogen-bond acceptors (Lipinski definition) is 4. The first-order valence-electron chi connectivity index (χ1n) is 6.17. The maximum absolute atomic E-state index is 13.1. The quantitative estimate of drug-likeness (QED) is 0.802. The average Bonchev–Trinajstić information content (AvgIpc) is 2.88. The molecular weight excluding hydrogens is 291 g/mol. The van der Waals surface area contributed by atoms with Crippen LogP contribution in [0.1, 0.15) is 10.4 Å². The van der Waals surface area contributed by atoms with Crippen LogP contribution in [0.5, 0.6) is 5.75 Å². The number of nitrogens with zero attached hydrogens (tertiary/aromatic N) is 1. The first-order chi connectivity index (χ1) is 10.2. The van der Waals surface area contributed by atoms with Gasteiger partial charge in [0.15, 0.2) is 5.13 Å². The summed E-state index contributed by atoms with van der Waals surface area (Å²) in [4.78, 5) is 16.4. The Bertz CT molecular complexity index is 816. The van der Waals surface area contributed by atoms with Crippen molar-refractivity contribution >= 4 is 32.6 Å². The summed E-state index contributed by atoms with van der Waals surface area (Å²) in [5.74, 6) is -0.000675. The molecule has 21 heavy (non-hydrogen) atoms. The molecule has 0 aliphatic carbocycles. The summed E-state index contributed by atoms with van der Waals surface area (Å²) in [5.41, 5.74) is 1.13. The molecule has 3 aromatic rings. The molecule has 0 aliphatic rings. The summed E-state index contributed by atoms with van der Waals surface area (Å²) >= 11 is 1.23. The molecule has 1 aromatic heterocycles. The number of benzene rings is 2. The van der Waals surface area contributed by atoms with Crippen LogP contribution in [0.25, 0.3) is 10.2 Å². The van der Waals surface area contributed by atoms with Gasteiger partial charge < -0.3 is 4.74 Å². The smallest absolute Gasteiger partial charge is 0.257 e. The molecule has 106 valence electrons. The molecular formula is C15H11FN2O2S. The van der Waals surface area contributed by atoms with E-state index in [1.807, 2.05) is 0 Å². The predicted octanol–water partition coefficient (Wildman–Crippen LogP) is 3.70. The van der Waals surface area contributed by atoms with Gasteiger partial charge in [-0.1, -0.05) is 17.4 Å². The number of rotatable bonds is 3. The zero-order chi connectivity index (χ0) is 14.8. The number of hydrogen-bond donors (Lipinski definition) is 1. The standard InChI is InChI=1S/C15H11FN2O2S/c1-20-11-4-2-3-9(7-11)14(19)18-15-17-12-6-5-10(16)8-13(12)21-15/h2-8H,1H3,(H,17,18,19). The molecule has 1 heterocycles. The van der Waals surface area contributed by atoms with Crippen LogP contribution >= 0.6 is 11.3 Å². The van der Waals surface area contributed by atoms with Crippen LogP contribution in [-0.4, -0.2) is 18.0 Å². The Hall–Kier alpha value is -2.47. The fourth-order valence-electron chi connectivity index (χ4n) is 1.89. The largest absolute Gasteiger partial charge is 0.497 e. The molecule has 0 unspecified atom stereocenters. The normalized spacial score (nSPS) is 10.6. The number of amides is 1. The molecule has 2 aromatic carbocycles. The van der Waals surface area contributed by atoms with Gasteiger partial charge >= 0.3 is 0 Å². The minimum atomic E-state index is -0.322. The number of aromatic nitrogens is 1. The van der Waals surface area contributed by atoms with Crippen molar-refractivity contribution in [3.8, 4) is 5.75 Å². The fourth-order valence-corrected chi connectivity index (χ4v) is 2.77. The van der Waals surface area contributed by atoms with Crippen molar-refractivity contribution in [3.63, 3.8) is 0 Å². The minimum absolute atomic E-state index is 0.284. The number of methoxy groups -OCH3 is 1. The summed E-state index contributed by atoms with van der Waals surface area (Å²) in [6.45, 7) is 0. The molecule has 0 atom stereocenters. The Kier molecular flexibility index (Phi) is 3.53. The summed E-state index contributed by atoms with van der Waals surface area (Å²) in [6.07, 6.45) is 0. The highest BCUT2D eigenvalue weighted by Gasteiger charge is 2.11. The van der Waals surface area contributed by atoms with E-state index >= 15 is 0 Å².